The van der Waals surface area contributed by atoms with Gasteiger partial charge >= 0.3 is 0 Å². The van der Waals surface area contributed by atoms with Crippen molar-refractivity contribution in [2.24, 2.45) is 0 Å². The first kappa shape index (κ1) is 15.5. The number of benzene rings is 3. The van der Waals surface area contributed by atoms with E-state index in [1.807, 2.05) is 30.3 Å². The summed E-state index contributed by atoms with van der Waals surface area (Å²) < 4.78 is 6.25. The highest BCUT2D eigenvalue weighted by Crippen LogP contribution is 2.01. The smallest absolute Gasteiger partial charge is 0.283 e. The second kappa shape index (κ2) is 8.27. The van der Waals surface area contributed by atoms with Crippen molar-refractivity contribution in [3.63, 3.8) is 0 Å². The van der Waals surface area contributed by atoms with Crippen LogP contribution in [0.4, 0.5) is 0 Å². The molecule has 0 aromatic heterocycles. The van der Waals surface area contributed by atoms with E-state index in [9.17, 15) is 0 Å². The van der Waals surface area contributed by atoms with E-state index < -0.39 is 9.04 Å². The second-order valence-electron chi connectivity index (χ2n) is 5.19. The van der Waals surface area contributed by atoms with Gasteiger partial charge in [-0.15, -0.1) is 0 Å². The monoisotopic (exact) mass is 315 g/mol. The summed E-state index contributed by atoms with van der Waals surface area (Å²) in [6.45, 7) is 0.618. The fourth-order valence-corrected chi connectivity index (χ4v) is 4.31. The molecule has 0 N–H and O–H groups in total. The molecular formula is C21H19OSi. The average molecular weight is 315 g/mol. The maximum absolute atomic E-state index is 6.25. The highest BCUT2D eigenvalue weighted by Gasteiger charge is 2.17. The molecule has 0 aliphatic carbocycles. The van der Waals surface area contributed by atoms with E-state index >= 15 is 0 Å². The number of hydrogen-bond acceptors (Lipinski definition) is 1. The third-order valence-electron chi connectivity index (χ3n) is 3.51. The Bertz CT molecular complexity index is 684. The normalized spacial score (nSPS) is 11.2. The van der Waals surface area contributed by atoms with Gasteiger partial charge < -0.3 is 4.43 Å². The van der Waals surface area contributed by atoms with Crippen LogP contribution in [0.25, 0.3) is 6.08 Å². The fraction of sp³-hybridized carbons (Fsp3) is 0.0476. The van der Waals surface area contributed by atoms with E-state index in [0.717, 1.165) is 0 Å². The predicted molar refractivity (Wildman–Crippen MR) is 99.3 cm³/mol. The Kier molecular flexibility index (Phi) is 5.57. The molecule has 3 aromatic rings. The Balaban J connectivity index is 1.71. The zero-order valence-electron chi connectivity index (χ0n) is 12.9. The minimum Gasteiger partial charge on any atom is -0.404 e. The highest BCUT2D eigenvalue weighted by atomic mass is 28.3. The van der Waals surface area contributed by atoms with Gasteiger partial charge in [0.2, 0.25) is 0 Å². The molecule has 0 atom stereocenters. The standard InChI is InChI=1S/C21H19OSi/c1-4-11-19(12-5-1)13-10-18-22-23(20-14-6-2-7-15-20)21-16-8-3-9-17-21/h1-17H,18H2/b13-10+. The summed E-state index contributed by atoms with van der Waals surface area (Å²) in [7, 11) is -1.20. The summed E-state index contributed by atoms with van der Waals surface area (Å²) in [5.41, 5.74) is 1.20. The van der Waals surface area contributed by atoms with Crippen LogP contribution in [0, 0.1) is 0 Å². The van der Waals surface area contributed by atoms with Crippen molar-refractivity contribution in [2.45, 2.75) is 0 Å². The van der Waals surface area contributed by atoms with Crippen molar-refractivity contribution in [1.82, 2.24) is 0 Å². The van der Waals surface area contributed by atoms with Crippen molar-refractivity contribution < 1.29 is 4.43 Å². The van der Waals surface area contributed by atoms with Gasteiger partial charge in [0.25, 0.3) is 9.04 Å². The summed E-state index contributed by atoms with van der Waals surface area (Å²) >= 11 is 0. The van der Waals surface area contributed by atoms with Gasteiger partial charge in [-0.3, -0.25) is 0 Å². The summed E-state index contributed by atoms with van der Waals surface area (Å²) in [5, 5.41) is 2.55. The quantitative estimate of drug-likeness (QED) is 0.632. The molecule has 23 heavy (non-hydrogen) atoms. The van der Waals surface area contributed by atoms with Crippen molar-refractivity contribution in [3.05, 3.63) is 103 Å². The van der Waals surface area contributed by atoms with Crippen molar-refractivity contribution >= 4 is 25.5 Å². The number of hydrogen-bond donors (Lipinski definition) is 0. The summed E-state index contributed by atoms with van der Waals surface area (Å²) in [5.74, 6) is 0. The summed E-state index contributed by atoms with van der Waals surface area (Å²) in [6.07, 6.45) is 4.20. The van der Waals surface area contributed by atoms with E-state index in [4.69, 9.17) is 4.43 Å². The Hall–Kier alpha value is -2.42. The molecule has 0 heterocycles. The SMILES string of the molecule is C(=C\c1ccccc1)/CO[Si](c1ccccc1)c1ccccc1. The molecule has 0 fully saturated rings. The van der Waals surface area contributed by atoms with E-state index in [2.05, 4.69) is 72.8 Å². The van der Waals surface area contributed by atoms with Crippen molar-refractivity contribution in [1.29, 1.82) is 0 Å². The van der Waals surface area contributed by atoms with Crippen LogP contribution in [-0.4, -0.2) is 15.6 Å². The molecule has 1 nitrogen and oxygen atoms in total. The topological polar surface area (TPSA) is 9.23 Å². The zero-order chi connectivity index (χ0) is 15.7. The second-order valence-corrected chi connectivity index (χ2v) is 7.29. The Labute approximate surface area is 139 Å². The lowest BCUT2D eigenvalue weighted by molar-refractivity contribution is 0.383. The molecule has 0 unspecified atom stereocenters. The molecule has 0 amide bonds. The van der Waals surface area contributed by atoms with Crippen LogP contribution in [0.2, 0.25) is 0 Å². The van der Waals surface area contributed by atoms with E-state index in [1.165, 1.54) is 15.9 Å². The van der Waals surface area contributed by atoms with E-state index in [0.29, 0.717) is 6.61 Å². The predicted octanol–water partition coefficient (Wildman–Crippen LogP) is 3.52. The molecule has 113 valence electrons. The maximum atomic E-state index is 6.25. The van der Waals surface area contributed by atoms with Crippen LogP contribution in [0.3, 0.4) is 0 Å². The lowest BCUT2D eigenvalue weighted by Crippen LogP contribution is -2.44. The van der Waals surface area contributed by atoms with Gasteiger partial charge in [0.15, 0.2) is 0 Å². The van der Waals surface area contributed by atoms with Gasteiger partial charge in [-0.2, -0.15) is 0 Å². The molecule has 0 saturated carbocycles. The third-order valence-corrected chi connectivity index (χ3v) is 5.68. The van der Waals surface area contributed by atoms with Gasteiger partial charge in [0.05, 0.1) is 6.61 Å². The van der Waals surface area contributed by atoms with Crippen LogP contribution < -0.4 is 10.4 Å². The molecule has 0 bridgehead atoms. The molecule has 0 spiro atoms. The minimum absolute atomic E-state index is 0.618. The molecule has 3 rings (SSSR count). The first-order chi connectivity index (χ1) is 11.4. The molecular weight excluding hydrogens is 296 g/mol. The van der Waals surface area contributed by atoms with Crippen LogP contribution >= 0.6 is 0 Å². The van der Waals surface area contributed by atoms with Crippen LogP contribution in [0.5, 0.6) is 0 Å². The van der Waals surface area contributed by atoms with Crippen LogP contribution in [0.1, 0.15) is 5.56 Å². The Morgan fingerprint density at radius 3 is 1.65 bits per heavy atom. The molecule has 3 aromatic carbocycles. The molecule has 1 radical (unpaired) electrons. The molecule has 0 aliphatic rings. The van der Waals surface area contributed by atoms with Gasteiger partial charge in [-0.05, 0) is 15.9 Å². The van der Waals surface area contributed by atoms with Crippen molar-refractivity contribution in [2.75, 3.05) is 6.61 Å². The fourth-order valence-electron chi connectivity index (χ4n) is 2.39. The molecule has 0 saturated heterocycles. The Morgan fingerprint density at radius 2 is 1.13 bits per heavy atom. The first-order valence-electron chi connectivity index (χ1n) is 7.76. The molecule has 0 aliphatic heterocycles. The summed E-state index contributed by atoms with van der Waals surface area (Å²) in [6, 6.07) is 31.3. The Morgan fingerprint density at radius 1 is 0.652 bits per heavy atom. The van der Waals surface area contributed by atoms with E-state index in [-0.39, 0.29) is 0 Å². The van der Waals surface area contributed by atoms with Crippen LogP contribution in [0.15, 0.2) is 97.1 Å². The van der Waals surface area contributed by atoms with Gasteiger partial charge in [-0.1, -0.05) is 103 Å². The van der Waals surface area contributed by atoms with Gasteiger partial charge in [0.1, 0.15) is 0 Å². The van der Waals surface area contributed by atoms with Gasteiger partial charge in [-0.25, -0.2) is 0 Å². The first-order valence-corrected chi connectivity index (χ1v) is 9.16. The lowest BCUT2D eigenvalue weighted by Gasteiger charge is -2.15. The minimum atomic E-state index is -1.20. The van der Waals surface area contributed by atoms with E-state index in [1.54, 1.807) is 0 Å². The largest absolute Gasteiger partial charge is 0.404 e. The van der Waals surface area contributed by atoms with Crippen LogP contribution in [-0.2, 0) is 4.43 Å². The average Bonchev–Trinajstić information content (AvgIpc) is 2.64. The molecule has 2 heteroatoms. The van der Waals surface area contributed by atoms with Gasteiger partial charge in [0, 0.05) is 0 Å². The maximum Gasteiger partial charge on any atom is 0.283 e. The highest BCUT2D eigenvalue weighted by molar-refractivity contribution is 6.80. The lowest BCUT2D eigenvalue weighted by atomic mass is 10.2. The number of rotatable bonds is 6. The third kappa shape index (κ3) is 4.52. The van der Waals surface area contributed by atoms with Crippen molar-refractivity contribution in [3.8, 4) is 0 Å². The zero-order valence-corrected chi connectivity index (χ0v) is 13.9. The summed E-state index contributed by atoms with van der Waals surface area (Å²) in [4.78, 5) is 0.